The number of carbonyl (C=O) groups excluding carboxylic acids is 2. The fourth-order valence-corrected chi connectivity index (χ4v) is 4.64. The van der Waals surface area contributed by atoms with Gasteiger partial charge in [-0.05, 0) is 24.6 Å². The molecule has 7 heteroatoms. The van der Waals surface area contributed by atoms with E-state index in [-0.39, 0.29) is 24.2 Å². The van der Waals surface area contributed by atoms with Crippen molar-refractivity contribution >= 4 is 11.9 Å². The summed E-state index contributed by atoms with van der Waals surface area (Å²) in [5.74, 6) is -1.35. The molecule has 2 aliphatic rings. The Morgan fingerprint density at radius 3 is 2.31 bits per heavy atom. The summed E-state index contributed by atoms with van der Waals surface area (Å²) in [4.78, 5) is 25.2. The molecule has 0 aromatic heterocycles. The van der Waals surface area contributed by atoms with Gasteiger partial charge >= 0.3 is 11.9 Å². The Bertz CT molecular complexity index is 901. The minimum atomic E-state index is -0.616. The van der Waals surface area contributed by atoms with Crippen molar-refractivity contribution in [2.45, 2.75) is 44.6 Å². The molecular weight excluding hydrogens is 412 g/mol. The first-order chi connectivity index (χ1) is 15.6. The molecule has 2 aromatic carbocycles. The summed E-state index contributed by atoms with van der Waals surface area (Å²) in [6.07, 6.45) is -2.04. The van der Waals surface area contributed by atoms with Crippen molar-refractivity contribution in [2.75, 3.05) is 13.7 Å². The number of ether oxygens (including phenoxy) is 5. The molecule has 4 rings (SSSR count). The first-order valence-corrected chi connectivity index (χ1v) is 10.9. The van der Waals surface area contributed by atoms with Crippen LogP contribution in [0.15, 0.2) is 60.7 Å². The Kier molecular flexibility index (Phi) is 7.19. The molecule has 1 saturated heterocycles. The van der Waals surface area contributed by atoms with Gasteiger partial charge in [-0.3, -0.25) is 4.79 Å². The molecule has 2 bridgehead atoms. The SMILES string of the molecule is CCOC(=O)C[C@H]1[C@H]2O[C@H](OC)[C@@H]1[C@@H](OC(=O)c1ccccc1)[C@@H]2OCc1ccccc1. The van der Waals surface area contributed by atoms with Crippen LogP contribution in [0.1, 0.15) is 29.3 Å². The van der Waals surface area contributed by atoms with Crippen molar-refractivity contribution in [3.8, 4) is 0 Å². The summed E-state index contributed by atoms with van der Waals surface area (Å²) in [5, 5.41) is 0. The van der Waals surface area contributed by atoms with Crippen LogP contribution in [0.2, 0.25) is 0 Å². The number of rotatable bonds is 9. The second-order valence-corrected chi connectivity index (χ2v) is 7.95. The molecule has 32 heavy (non-hydrogen) atoms. The van der Waals surface area contributed by atoms with Crippen LogP contribution in [0.4, 0.5) is 0 Å². The van der Waals surface area contributed by atoms with E-state index in [4.69, 9.17) is 23.7 Å². The second kappa shape index (κ2) is 10.3. The van der Waals surface area contributed by atoms with Crippen LogP contribution in [0.25, 0.3) is 0 Å². The molecule has 2 fully saturated rings. The molecule has 0 N–H and O–H groups in total. The molecule has 6 atom stereocenters. The lowest BCUT2D eigenvalue weighted by molar-refractivity contribution is -0.224. The summed E-state index contributed by atoms with van der Waals surface area (Å²) in [5.41, 5.74) is 1.45. The first-order valence-electron chi connectivity index (χ1n) is 10.9. The molecule has 1 saturated carbocycles. The molecule has 0 spiro atoms. The van der Waals surface area contributed by atoms with E-state index in [1.54, 1.807) is 38.3 Å². The van der Waals surface area contributed by atoms with Crippen molar-refractivity contribution < 1.29 is 33.3 Å². The Balaban J connectivity index is 1.57. The molecule has 0 unspecified atom stereocenters. The van der Waals surface area contributed by atoms with Crippen molar-refractivity contribution in [2.24, 2.45) is 11.8 Å². The number of benzene rings is 2. The average Bonchev–Trinajstić information content (AvgIpc) is 3.30. The van der Waals surface area contributed by atoms with Crippen LogP contribution in [0.5, 0.6) is 0 Å². The van der Waals surface area contributed by atoms with Gasteiger partial charge < -0.3 is 23.7 Å². The van der Waals surface area contributed by atoms with E-state index in [2.05, 4.69) is 0 Å². The largest absolute Gasteiger partial charge is 0.466 e. The van der Waals surface area contributed by atoms with Gasteiger partial charge in [-0.15, -0.1) is 0 Å². The molecule has 1 heterocycles. The minimum absolute atomic E-state index is 0.146. The maximum absolute atomic E-state index is 12.9. The van der Waals surface area contributed by atoms with Gasteiger partial charge in [0.15, 0.2) is 6.29 Å². The number of hydrogen-bond acceptors (Lipinski definition) is 7. The van der Waals surface area contributed by atoms with E-state index in [0.717, 1.165) is 5.56 Å². The van der Waals surface area contributed by atoms with Crippen molar-refractivity contribution in [1.82, 2.24) is 0 Å². The van der Waals surface area contributed by atoms with Crippen LogP contribution in [-0.2, 0) is 35.1 Å². The molecule has 1 aliphatic carbocycles. The first kappa shape index (κ1) is 22.5. The lowest BCUT2D eigenvalue weighted by Gasteiger charge is -2.34. The third-order valence-corrected chi connectivity index (χ3v) is 6.03. The maximum atomic E-state index is 12.9. The van der Waals surface area contributed by atoms with Crippen LogP contribution in [0, 0.1) is 11.8 Å². The van der Waals surface area contributed by atoms with Gasteiger partial charge in [0, 0.05) is 13.0 Å². The zero-order chi connectivity index (χ0) is 22.5. The smallest absolute Gasteiger partial charge is 0.338 e. The third-order valence-electron chi connectivity index (χ3n) is 6.03. The van der Waals surface area contributed by atoms with E-state index >= 15 is 0 Å². The summed E-state index contributed by atoms with van der Waals surface area (Å²) >= 11 is 0. The zero-order valence-corrected chi connectivity index (χ0v) is 18.2. The topological polar surface area (TPSA) is 80.3 Å². The monoisotopic (exact) mass is 440 g/mol. The number of fused-ring (bicyclic) bond motifs is 2. The predicted molar refractivity (Wildman–Crippen MR) is 115 cm³/mol. The highest BCUT2D eigenvalue weighted by molar-refractivity contribution is 5.89. The van der Waals surface area contributed by atoms with Crippen LogP contribution < -0.4 is 0 Å². The second-order valence-electron chi connectivity index (χ2n) is 7.95. The van der Waals surface area contributed by atoms with E-state index in [1.165, 1.54) is 0 Å². The molecule has 170 valence electrons. The average molecular weight is 440 g/mol. The molecule has 7 nitrogen and oxygen atoms in total. The Hall–Kier alpha value is -2.74. The van der Waals surface area contributed by atoms with Gasteiger partial charge in [-0.25, -0.2) is 4.79 Å². The van der Waals surface area contributed by atoms with Crippen LogP contribution in [0.3, 0.4) is 0 Å². The lowest BCUT2D eigenvalue weighted by Crippen LogP contribution is -2.47. The minimum Gasteiger partial charge on any atom is -0.466 e. The molecule has 2 aromatic rings. The third kappa shape index (κ3) is 4.70. The Labute approximate surface area is 187 Å². The number of hydrogen-bond donors (Lipinski definition) is 0. The van der Waals surface area contributed by atoms with E-state index in [1.807, 2.05) is 36.4 Å². The van der Waals surface area contributed by atoms with Gasteiger partial charge in [0.25, 0.3) is 0 Å². The number of methoxy groups -OCH3 is 1. The predicted octanol–water partition coefficient (Wildman–Crippen LogP) is 3.37. The fraction of sp³-hybridized carbons (Fsp3) is 0.440. The molecule has 0 radical (unpaired) electrons. The maximum Gasteiger partial charge on any atom is 0.338 e. The molecular formula is C25H28O7. The standard InChI is InChI=1S/C25H28O7/c1-3-29-19(26)14-18-20-22(31-24(27)17-12-8-5-9-13-17)23(21(18)32-25(20)28-2)30-15-16-10-6-4-7-11-16/h4-13,18,20-23,25H,3,14-15H2,1-2H3/t18-,20+,21-,22-,23-,25+/m1/s1. The highest BCUT2D eigenvalue weighted by Gasteiger charge is 2.63. The van der Waals surface area contributed by atoms with Gasteiger partial charge in [-0.2, -0.15) is 0 Å². The highest BCUT2D eigenvalue weighted by Crippen LogP contribution is 2.50. The summed E-state index contributed by atoms with van der Waals surface area (Å²) in [6, 6.07) is 18.6. The van der Waals surface area contributed by atoms with Crippen molar-refractivity contribution in [3.63, 3.8) is 0 Å². The fourth-order valence-electron chi connectivity index (χ4n) is 4.64. The van der Waals surface area contributed by atoms with Gasteiger partial charge in [-0.1, -0.05) is 48.5 Å². The lowest BCUT2D eigenvalue weighted by atomic mass is 9.92. The van der Waals surface area contributed by atoms with Gasteiger partial charge in [0.1, 0.15) is 12.2 Å². The quantitative estimate of drug-likeness (QED) is 0.553. The zero-order valence-electron chi connectivity index (χ0n) is 18.2. The molecule has 1 aliphatic heterocycles. The van der Waals surface area contributed by atoms with Gasteiger partial charge in [0.05, 0.1) is 37.2 Å². The summed E-state index contributed by atoms with van der Waals surface area (Å²) in [7, 11) is 1.54. The van der Waals surface area contributed by atoms with Crippen molar-refractivity contribution in [1.29, 1.82) is 0 Å². The Morgan fingerprint density at radius 1 is 0.969 bits per heavy atom. The number of carbonyl (C=O) groups is 2. The van der Waals surface area contributed by atoms with Gasteiger partial charge in [0.2, 0.25) is 0 Å². The normalized spacial score (nSPS) is 28.4. The summed E-state index contributed by atoms with van der Waals surface area (Å²) < 4.78 is 28.9. The van der Waals surface area contributed by atoms with E-state index < -0.39 is 30.6 Å². The van der Waals surface area contributed by atoms with Crippen LogP contribution in [-0.4, -0.2) is 50.3 Å². The van der Waals surface area contributed by atoms with E-state index in [9.17, 15) is 9.59 Å². The van der Waals surface area contributed by atoms with E-state index in [0.29, 0.717) is 18.8 Å². The number of esters is 2. The van der Waals surface area contributed by atoms with Crippen LogP contribution >= 0.6 is 0 Å². The van der Waals surface area contributed by atoms with Crippen molar-refractivity contribution in [3.05, 3.63) is 71.8 Å². The molecule has 0 amide bonds. The summed E-state index contributed by atoms with van der Waals surface area (Å²) in [6.45, 7) is 2.41. The Morgan fingerprint density at radius 2 is 1.66 bits per heavy atom. The highest BCUT2D eigenvalue weighted by atomic mass is 16.7.